The summed E-state index contributed by atoms with van der Waals surface area (Å²) in [5, 5.41) is 10.7. The summed E-state index contributed by atoms with van der Waals surface area (Å²) in [5.74, 6) is -0.838. The fourth-order valence-electron chi connectivity index (χ4n) is 3.85. The molecular formula is C22H46N2O4Sn. The molecule has 0 saturated heterocycles. The summed E-state index contributed by atoms with van der Waals surface area (Å²) in [5.41, 5.74) is 0. The molecule has 7 heteroatoms. The number of likely N-dealkylation sites (N-methyl/N-ethyl adjacent to an activating group) is 2. The fourth-order valence-corrected chi connectivity index (χ4v) is 19.8. The second-order valence-corrected chi connectivity index (χ2v) is 23.2. The summed E-state index contributed by atoms with van der Waals surface area (Å²) < 4.78 is 10.1. The molecule has 0 aliphatic rings. The third-order valence-corrected chi connectivity index (χ3v) is 22.8. The van der Waals surface area contributed by atoms with Gasteiger partial charge in [0.2, 0.25) is 0 Å². The number of carbonyl (C=O) groups is 2. The van der Waals surface area contributed by atoms with Crippen LogP contribution in [0, 0.1) is 0 Å². The maximum absolute atomic E-state index is 12.8. The first-order chi connectivity index (χ1) is 13.6. The van der Waals surface area contributed by atoms with Crippen molar-refractivity contribution in [3.8, 4) is 0 Å². The van der Waals surface area contributed by atoms with E-state index in [0.717, 1.165) is 19.3 Å². The molecule has 0 aromatic heterocycles. The van der Waals surface area contributed by atoms with Gasteiger partial charge in [0, 0.05) is 0 Å². The standard InChI is InChI=1S/C10H19N2O4.3C4H9.Sn/c1-6-16-8(10(15)12(4)5)7(13)9(14)11(2)3;3*1-3-4-2;/h6-8,13H,1-5H3;3*1,3-4H2,2H3;/t7-,8-;;;;/m0..../s1. The molecule has 0 rings (SSSR count). The van der Waals surface area contributed by atoms with E-state index in [1.54, 1.807) is 28.2 Å². The van der Waals surface area contributed by atoms with Crippen LogP contribution in [0.3, 0.4) is 0 Å². The van der Waals surface area contributed by atoms with E-state index in [2.05, 4.69) is 27.7 Å². The number of carbonyl (C=O) groups excluding carboxylic acids is 2. The average Bonchev–Trinajstić information content (AvgIpc) is 2.69. The second kappa shape index (κ2) is 14.6. The molecule has 2 amide bonds. The molecule has 3 atom stereocenters. The molecule has 0 aliphatic carbocycles. The topological polar surface area (TPSA) is 70.1 Å². The van der Waals surface area contributed by atoms with Crippen molar-refractivity contribution in [2.75, 3.05) is 28.2 Å². The first-order valence-electron chi connectivity index (χ1n) is 11.3. The SMILES string of the molecule is CCC[CH2][Sn]([CH2]CCC)([CH2]CCC)[C@@H](C)O[C@H](C(=O)N(C)C)[C@H](O)C(=O)N(C)C. The normalized spacial score (nSPS) is 14.9. The van der Waals surface area contributed by atoms with Gasteiger partial charge < -0.3 is 0 Å². The van der Waals surface area contributed by atoms with Crippen LogP contribution < -0.4 is 0 Å². The molecule has 0 aromatic carbocycles. The van der Waals surface area contributed by atoms with Crippen LogP contribution in [0.4, 0.5) is 0 Å². The molecule has 0 spiro atoms. The van der Waals surface area contributed by atoms with Crippen molar-refractivity contribution in [1.82, 2.24) is 9.80 Å². The van der Waals surface area contributed by atoms with Gasteiger partial charge >= 0.3 is 183 Å². The van der Waals surface area contributed by atoms with Gasteiger partial charge in [-0.05, 0) is 0 Å². The van der Waals surface area contributed by atoms with Crippen LogP contribution in [0.5, 0.6) is 0 Å². The molecule has 0 heterocycles. The van der Waals surface area contributed by atoms with E-state index in [1.165, 1.54) is 42.4 Å². The third kappa shape index (κ3) is 9.13. The molecule has 0 aliphatic heterocycles. The van der Waals surface area contributed by atoms with Crippen molar-refractivity contribution in [1.29, 1.82) is 0 Å². The number of aliphatic hydroxyl groups is 1. The van der Waals surface area contributed by atoms with Crippen LogP contribution in [0.15, 0.2) is 0 Å². The number of unbranched alkanes of at least 4 members (excludes halogenated alkanes) is 3. The van der Waals surface area contributed by atoms with Crippen LogP contribution in [-0.4, -0.2) is 89.6 Å². The zero-order valence-electron chi connectivity index (χ0n) is 20.2. The van der Waals surface area contributed by atoms with Gasteiger partial charge in [-0.2, -0.15) is 0 Å². The molecule has 6 nitrogen and oxygen atoms in total. The first kappa shape index (κ1) is 28.7. The molecule has 1 N–H and O–H groups in total. The summed E-state index contributed by atoms with van der Waals surface area (Å²) in [6.45, 7) is 8.78. The van der Waals surface area contributed by atoms with Crippen molar-refractivity contribution in [3.05, 3.63) is 0 Å². The quantitative estimate of drug-likeness (QED) is 0.334. The Kier molecular flexibility index (Phi) is 14.5. The van der Waals surface area contributed by atoms with Crippen molar-refractivity contribution < 1.29 is 19.4 Å². The molecule has 0 radical (unpaired) electrons. The summed E-state index contributed by atoms with van der Waals surface area (Å²) in [4.78, 5) is 27.9. The van der Waals surface area contributed by atoms with Gasteiger partial charge in [0.1, 0.15) is 0 Å². The van der Waals surface area contributed by atoms with Gasteiger partial charge in [0.15, 0.2) is 0 Å². The Morgan fingerprint density at radius 2 is 1.21 bits per heavy atom. The molecule has 0 bridgehead atoms. The summed E-state index contributed by atoms with van der Waals surface area (Å²) in [6, 6.07) is 0. The Labute approximate surface area is 183 Å². The van der Waals surface area contributed by atoms with E-state index in [0.29, 0.717) is 0 Å². The maximum atomic E-state index is 12.8. The number of aliphatic hydroxyl groups excluding tert-OH is 1. The molecule has 29 heavy (non-hydrogen) atoms. The monoisotopic (exact) mass is 522 g/mol. The number of hydrogen-bond acceptors (Lipinski definition) is 4. The van der Waals surface area contributed by atoms with E-state index in [1.807, 2.05) is 0 Å². The van der Waals surface area contributed by atoms with Gasteiger partial charge in [-0.1, -0.05) is 0 Å². The zero-order chi connectivity index (χ0) is 22.6. The second-order valence-electron chi connectivity index (χ2n) is 8.78. The van der Waals surface area contributed by atoms with Crippen LogP contribution in [-0.2, 0) is 14.3 Å². The number of hydrogen-bond donors (Lipinski definition) is 1. The van der Waals surface area contributed by atoms with Crippen LogP contribution in [0.25, 0.3) is 0 Å². The minimum absolute atomic E-state index is 0.0209. The Morgan fingerprint density at radius 1 is 0.828 bits per heavy atom. The number of rotatable bonds is 15. The zero-order valence-corrected chi connectivity index (χ0v) is 23.0. The van der Waals surface area contributed by atoms with E-state index >= 15 is 0 Å². The van der Waals surface area contributed by atoms with Gasteiger partial charge in [0.25, 0.3) is 0 Å². The van der Waals surface area contributed by atoms with Crippen LogP contribution in [0.1, 0.15) is 66.2 Å². The van der Waals surface area contributed by atoms with Gasteiger partial charge in [-0.3, -0.25) is 0 Å². The minimum atomic E-state index is -2.76. The van der Waals surface area contributed by atoms with Crippen molar-refractivity contribution in [3.63, 3.8) is 0 Å². The van der Waals surface area contributed by atoms with Gasteiger partial charge in [-0.25, -0.2) is 0 Å². The number of amides is 2. The average molecular weight is 521 g/mol. The number of ether oxygens (including phenoxy) is 1. The van der Waals surface area contributed by atoms with Crippen LogP contribution in [0.2, 0.25) is 13.3 Å². The molecular weight excluding hydrogens is 475 g/mol. The van der Waals surface area contributed by atoms with Crippen molar-refractivity contribution in [2.24, 2.45) is 0 Å². The fraction of sp³-hybridized carbons (Fsp3) is 0.909. The van der Waals surface area contributed by atoms with Crippen molar-refractivity contribution >= 4 is 30.2 Å². The van der Waals surface area contributed by atoms with Gasteiger partial charge in [-0.15, -0.1) is 0 Å². The first-order valence-corrected chi connectivity index (χ1v) is 19.0. The Morgan fingerprint density at radius 3 is 1.52 bits per heavy atom. The molecule has 0 aromatic rings. The van der Waals surface area contributed by atoms with E-state index < -0.39 is 36.5 Å². The Bertz CT molecular complexity index is 464. The summed E-state index contributed by atoms with van der Waals surface area (Å²) >= 11 is -2.76. The predicted octanol–water partition coefficient (Wildman–Crippen LogP) is 3.69. The molecule has 0 saturated carbocycles. The van der Waals surface area contributed by atoms with E-state index in [9.17, 15) is 14.7 Å². The number of nitrogens with zero attached hydrogens (tertiary/aromatic N) is 2. The Balaban J connectivity index is 5.83. The summed E-state index contributed by atoms with van der Waals surface area (Å²) in [7, 11) is 6.44. The molecule has 0 fully saturated rings. The van der Waals surface area contributed by atoms with Gasteiger partial charge in [0.05, 0.1) is 0 Å². The van der Waals surface area contributed by atoms with Crippen LogP contribution >= 0.6 is 0 Å². The third-order valence-electron chi connectivity index (χ3n) is 5.96. The molecule has 0 unspecified atom stereocenters. The van der Waals surface area contributed by atoms with E-state index in [4.69, 9.17) is 4.74 Å². The van der Waals surface area contributed by atoms with Crippen molar-refractivity contribution in [2.45, 2.75) is 95.9 Å². The molecule has 172 valence electrons. The predicted molar refractivity (Wildman–Crippen MR) is 123 cm³/mol. The summed E-state index contributed by atoms with van der Waals surface area (Å²) in [6.07, 6.45) is 4.45. The Hall–Kier alpha value is -0.341. The van der Waals surface area contributed by atoms with E-state index in [-0.39, 0.29) is 10.0 Å².